The van der Waals surface area contributed by atoms with Crippen LogP contribution in [0.15, 0.2) is 30.3 Å². The molecule has 2 amide bonds. The second-order valence-electron chi connectivity index (χ2n) is 9.21. The number of carbonyl (C=O) groups is 2. The van der Waals surface area contributed by atoms with Gasteiger partial charge < -0.3 is 10.2 Å². The number of rotatable bonds is 4. The Morgan fingerprint density at radius 1 is 1.06 bits per heavy atom. The highest BCUT2D eigenvalue weighted by molar-refractivity contribution is 5.96. The molecule has 1 saturated carbocycles. The van der Waals surface area contributed by atoms with E-state index >= 15 is 0 Å². The summed E-state index contributed by atoms with van der Waals surface area (Å²) in [6, 6.07) is 9.80. The molecule has 3 aromatic rings. The number of amides is 2. The van der Waals surface area contributed by atoms with E-state index in [0.29, 0.717) is 30.8 Å². The van der Waals surface area contributed by atoms with Crippen LogP contribution >= 0.6 is 0 Å². The predicted molar refractivity (Wildman–Crippen MR) is 124 cm³/mol. The molecule has 0 bridgehead atoms. The third kappa shape index (κ3) is 4.05. The van der Waals surface area contributed by atoms with E-state index in [1.165, 1.54) is 0 Å². The Balaban J connectivity index is 1.33. The number of hydrogen-bond donors (Lipinski definition) is 1. The summed E-state index contributed by atoms with van der Waals surface area (Å²) in [4.78, 5) is 28.0. The van der Waals surface area contributed by atoms with Gasteiger partial charge in [-0.3, -0.25) is 14.3 Å². The van der Waals surface area contributed by atoms with Gasteiger partial charge in [-0.25, -0.2) is 4.68 Å². The lowest BCUT2D eigenvalue weighted by atomic mass is 10.0. The number of aromatic nitrogens is 4. The van der Waals surface area contributed by atoms with Crippen LogP contribution in [0.4, 0.5) is 0 Å². The van der Waals surface area contributed by atoms with Crippen LogP contribution in [0.25, 0.3) is 5.69 Å². The van der Waals surface area contributed by atoms with Crippen LogP contribution in [-0.4, -0.2) is 48.9 Å². The molecular formula is C25H30N6O2. The lowest BCUT2D eigenvalue weighted by molar-refractivity contribution is 0.0730. The molecule has 2 aromatic heterocycles. The predicted octanol–water partition coefficient (Wildman–Crippen LogP) is 3.09. The molecule has 0 spiro atoms. The van der Waals surface area contributed by atoms with Gasteiger partial charge in [-0.1, -0.05) is 12.8 Å². The van der Waals surface area contributed by atoms with E-state index in [4.69, 9.17) is 0 Å². The highest BCUT2D eigenvalue weighted by Gasteiger charge is 2.30. The van der Waals surface area contributed by atoms with E-state index in [9.17, 15) is 9.59 Å². The van der Waals surface area contributed by atoms with Gasteiger partial charge in [0, 0.05) is 48.6 Å². The molecule has 1 fully saturated rings. The van der Waals surface area contributed by atoms with E-state index in [2.05, 4.69) is 15.5 Å². The Kier molecular flexibility index (Phi) is 5.52. The Labute approximate surface area is 193 Å². The SMILES string of the molecule is Cc1cc(C)n(-c2ccc(C(=O)N3CCc4c(c(C(=O)NC5CCCC5)nn4C)C3)cc2)n1. The second-order valence-corrected chi connectivity index (χ2v) is 9.21. The zero-order valence-electron chi connectivity index (χ0n) is 19.5. The van der Waals surface area contributed by atoms with E-state index in [0.717, 1.165) is 54.0 Å². The van der Waals surface area contributed by atoms with E-state index < -0.39 is 0 Å². The number of carbonyl (C=O) groups excluding carboxylic acids is 2. The van der Waals surface area contributed by atoms with E-state index in [1.807, 2.05) is 60.8 Å². The normalized spacial score (nSPS) is 16.2. The summed E-state index contributed by atoms with van der Waals surface area (Å²) in [6.45, 7) is 4.98. The first-order valence-electron chi connectivity index (χ1n) is 11.7. The number of benzene rings is 1. The molecule has 5 rings (SSSR count). The van der Waals surface area contributed by atoms with Crippen LogP contribution in [0.2, 0.25) is 0 Å². The van der Waals surface area contributed by atoms with Crippen molar-refractivity contribution in [1.82, 2.24) is 29.8 Å². The standard InChI is InChI=1S/C25H30N6O2/c1-16-14-17(2)31(27-16)20-10-8-18(9-11-20)25(33)30-13-12-22-21(15-30)23(28-29(22)3)24(32)26-19-6-4-5-7-19/h8-11,14,19H,4-7,12-13,15H2,1-3H3,(H,26,32). The van der Waals surface area contributed by atoms with Crippen LogP contribution in [0, 0.1) is 13.8 Å². The maximum absolute atomic E-state index is 13.3. The monoisotopic (exact) mass is 446 g/mol. The molecule has 1 aliphatic heterocycles. The molecule has 1 aromatic carbocycles. The highest BCUT2D eigenvalue weighted by Crippen LogP contribution is 2.25. The molecule has 1 N–H and O–H groups in total. The average molecular weight is 447 g/mol. The fraction of sp³-hybridized carbons (Fsp3) is 0.440. The Bertz CT molecular complexity index is 1200. The van der Waals surface area contributed by atoms with Crippen molar-refractivity contribution in [3.63, 3.8) is 0 Å². The summed E-state index contributed by atoms with van der Waals surface area (Å²) in [5.41, 5.74) is 5.93. The van der Waals surface area contributed by atoms with Crippen molar-refractivity contribution in [2.75, 3.05) is 6.54 Å². The third-order valence-electron chi connectivity index (χ3n) is 6.80. The van der Waals surface area contributed by atoms with Gasteiger partial charge in [-0.2, -0.15) is 10.2 Å². The van der Waals surface area contributed by atoms with Gasteiger partial charge >= 0.3 is 0 Å². The van der Waals surface area contributed by atoms with Gasteiger partial charge in [0.25, 0.3) is 11.8 Å². The maximum atomic E-state index is 13.3. The minimum atomic E-state index is -0.123. The second kappa shape index (κ2) is 8.50. The Morgan fingerprint density at radius 3 is 2.45 bits per heavy atom. The van der Waals surface area contributed by atoms with E-state index in [-0.39, 0.29) is 17.9 Å². The molecule has 8 nitrogen and oxygen atoms in total. The zero-order valence-corrected chi connectivity index (χ0v) is 19.5. The number of hydrogen-bond acceptors (Lipinski definition) is 4. The molecular weight excluding hydrogens is 416 g/mol. The molecule has 0 saturated heterocycles. The first kappa shape index (κ1) is 21.4. The highest BCUT2D eigenvalue weighted by atomic mass is 16.2. The lowest BCUT2D eigenvalue weighted by Crippen LogP contribution is -2.38. The molecule has 8 heteroatoms. The zero-order chi connectivity index (χ0) is 23.1. The fourth-order valence-corrected chi connectivity index (χ4v) is 5.09. The largest absolute Gasteiger partial charge is 0.348 e. The average Bonchev–Trinajstić information content (AvgIpc) is 3.52. The molecule has 172 valence electrons. The molecule has 1 aliphatic carbocycles. The summed E-state index contributed by atoms with van der Waals surface area (Å²) in [5, 5.41) is 12.2. The van der Waals surface area contributed by atoms with Crippen molar-refractivity contribution >= 4 is 11.8 Å². The van der Waals surface area contributed by atoms with Gasteiger partial charge in [-0.05, 0) is 57.0 Å². The number of nitrogens with one attached hydrogen (secondary N) is 1. The van der Waals surface area contributed by atoms with Crippen LogP contribution < -0.4 is 5.32 Å². The van der Waals surface area contributed by atoms with Gasteiger partial charge in [0.1, 0.15) is 0 Å². The molecule has 3 heterocycles. The Hall–Kier alpha value is -3.42. The van der Waals surface area contributed by atoms with Crippen molar-refractivity contribution < 1.29 is 9.59 Å². The first-order chi connectivity index (χ1) is 15.9. The fourth-order valence-electron chi connectivity index (χ4n) is 5.09. The summed E-state index contributed by atoms with van der Waals surface area (Å²) < 4.78 is 3.67. The quantitative estimate of drug-likeness (QED) is 0.667. The molecule has 0 atom stereocenters. The van der Waals surface area contributed by atoms with Crippen LogP contribution in [0.5, 0.6) is 0 Å². The first-order valence-corrected chi connectivity index (χ1v) is 11.7. The van der Waals surface area contributed by atoms with Crippen LogP contribution in [-0.2, 0) is 20.0 Å². The summed E-state index contributed by atoms with van der Waals surface area (Å²) in [6.07, 6.45) is 5.06. The van der Waals surface area contributed by atoms with Crippen molar-refractivity contribution in [3.8, 4) is 5.69 Å². The molecule has 0 unspecified atom stereocenters. The van der Waals surface area contributed by atoms with Crippen molar-refractivity contribution in [2.45, 2.75) is 58.5 Å². The summed E-state index contributed by atoms with van der Waals surface area (Å²) in [5.74, 6) is -0.158. The molecule has 0 radical (unpaired) electrons. The van der Waals surface area contributed by atoms with Crippen molar-refractivity contribution in [2.24, 2.45) is 7.05 Å². The summed E-state index contributed by atoms with van der Waals surface area (Å²) >= 11 is 0. The van der Waals surface area contributed by atoms with Crippen LogP contribution in [0.1, 0.15) is 69.2 Å². The lowest BCUT2D eigenvalue weighted by Gasteiger charge is -2.28. The summed E-state index contributed by atoms with van der Waals surface area (Å²) in [7, 11) is 1.88. The number of aryl methyl sites for hydroxylation is 3. The van der Waals surface area contributed by atoms with Crippen LogP contribution in [0.3, 0.4) is 0 Å². The smallest absolute Gasteiger partial charge is 0.272 e. The van der Waals surface area contributed by atoms with E-state index in [1.54, 1.807) is 4.68 Å². The molecule has 33 heavy (non-hydrogen) atoms. The third-order valence-corrected chi connectivity index (χ3v) is 6.80. The number of nitrogens with zero attached hydrogens (tertiary/aromatic N) is 5. The maximum Gasteiger partial charge on any atom is 0.272 e. The van der Waals surface area contributed by atoms with Gasteiger partial charge in [-0.15, -0.1) is 0 Å². The van der Waals surface area contributed by atoms with Gasteiger partial charge in [0.15, 0.2) is 5.69 Å². The topological polar surface area (TPSA) is 85.0 Å². The van der Waals surface area contributed by atoms with Crippen molar-refractivity contribution in [1.29, 1.82) is 0 Å². The minimum absolute atomic E-state index is 0.0356. The minimum Gasteiger partial charge on any atom is -0.348 e. The number of fused-ring (bicyclic) bond motifs is 1. The van der Waals surface area contributed by atoms with Crippen molar-refractivity contribution in [3.05, 3.63) is 64.2 Å². The van der Waals surface area contributed by atoms with Gasteiger partial charge in [0.2, 0.25) is 0 Å². The Morgan fingerprint density at radius 2 is 1.79 bits per heavy atom. The molecule has 2 aliphatic rings. The van der Waals surface area contributed by atoms with Gasteiger partial charge in [0.05, 0.1) is 17.9 Å².